The van der Waals surface area contributed by atoms with E-state index in [9.17, 15) is 5.26 Å². The predicted molar refractivity (Wildman–Crippen MR) is 374 cm³/mol. The summed E-state index contributed by atoms with van der Waals surface area (Å²) in [5.74, 6) is 0.585. The van der Waals surface area contributed by atoms with Crippen molar-refractivity contribution in [2.24, 2.45) is 0 Å². The fraction of sp³-hybridized carbons (Fsp3) is 0.0241. The number of para-hydroxylation sites is 5. The topological polar surface area (TPSA) is 69.3 Å². The molecule has 17 rings (SSSR count). The molecule has 422 valence electrons. The van der Waals surface area contributed by atoms with Crippen LogP contribution in [0.1, 0.15) is 18.0 Å². The average Bonchev–Trinajstić information content (AvgIpc) is 1.64. The van der Waals surface area contributed by atoms with Crippen LogP contribution in [-0.2, 0) is 0 Å². The highest BCUT2D eigenvalue weighted by atomic mass is 15.0. The molecule has 7 nitrogen and oxygen atoms in total. The van der Waals surface area contributed by atoms with Crippen molar-refractivity contribution in [1.82, 2.24) is 28.2 Å². The van der Waals surface area contributed by atoms with Gasteiger partial charge in [0.2, 0.25) is 0 Å². The smallest absolute Gasteiger partial charge is 0.160 e. The van der Waals surface area contributed by atoms with E-state index >= 15 is 0 Å². The highest BCUT2D eigenvalue weighted by Crippen LogP contribution is 2.42. The van der Waals surface area contributed by atoms with Crippen LogP contribution in [0.5, 0.6) is 0 Å². The van der Waals surface area contributed by atoms with Gasteiger partial charge in [0.25, 0.3) is 0 Å². The minimum atomic E-state index is 0.0988. The number of hydrogen-bond acceptors (Lipinski definition) is 3. The third kappa shape index (κ3) is 8.42. The lowest BCUT2D eigenvalue weighted by Gasteiger charge is -2.16. The Hall–Kier alpha value is -12.1. The highest BCUT2D eigenvalue weighted by molar-refractivity contribution is 6.14. The van der Waals surface area contributed by atoms with Crippen molar-refractivity contribution in [3.63, 3.8) is 0 Å². The first-order valence-corrected chi connectivity index (χ1v) is 30.5. The van der Waals surface area contributed by atoms with Crippen molar-refractivity contribution in [2.75, 3.05) is 0 Å². The van der Waals surface area contributed by atoms with Gasteiger partial charge in [-0.1, -0.05) is 152 Å². The molecule has 5 heterocycles. The summed E-state index contributed by atoms with van der Waals surface area (Å²) in [4.78, 5) is 10.6. The van der Waals surface area contributed by atoms with E-state index in [0.717, 1.165) is 90.3 Å². The van der Waals surface area contributed by atoms with E-state index in [0.29, 0.717) is 11.4 Å². The second kappa shape index (κ2) is 21.1. The van der Waals surface area contributed by atoms with Crippen molar-refractivity contribution in [2.45, 2.75) is 12.5 Å². The fourth-order valence-electron chi connectivity index (χ4n) is 14.1. The lowest BCUT2D eigenvalue weighted by Crippen LogP contribution is -2.04. The summed E-state index contributed by atoms with van der Waals surface area (Å²) in [5, 5.41) is 19.6. The van der Waals surface area contributed by atoms with Crippen LogP contribution in [0.4, 0.5) is 0 Å². The molecule has 17 aromatic rings. The van der Waals surface area contributed by atoms with E-state index in [1.807, 2.05) is 42.5 Å². The van der Waals surface area contributed by atoms with Crippen LogP contribution in [0.25, 0.3) is 160 Å². The number of nitrogens with zero attached hydrogens (tertiary/aromatic N) is 7. The molecule has 0 aliphatic carbocycles. The average molecular weight is 1150 g/mol. The largest absolute Gasteiger partial charge is 0.333 e. The zero-order valence-corrected chi connectivity index (χ0v) is 49.0. The van der Waals surface area contributed by atoms with Crippen LogP contribution < -0.4 is 0 Å². The zero-order valence-electron chi connectivity index (χ0n) is 49.0. The Morgan fingerprint density at radius 2 is 0.722 bits per heavy atom. The maximum atomic E-state index is 10.0. The first-order valence-electron chi connectivity index (χ1n) is 30.5. The molecule has 90 heavy (non-hydrogen) atoms. The lowest BCUT2D eigenvalue weighted by molar-refractivity contribution is 0.655. The number of hydrogen-bond donors (Lipinski definition) is 0. The molecule has 5 aromatic heterocycles. The highest BCUT2D eigenvalue weighted by Gasteiger charge is 2.21. The first-order chi connectivity index (χ1) is 44.5. The van der Waals surface area contributed by atoms with E-state index in [1.165, 1.54) is 70.7 Å². The third-order valence-electron chi connectivity index (χ3n) is 18.2. The van der Waals surface area contributed by atoms with Crippen LogP contribution in [0.3, 0.4) is 0 Å². The Labute approximate surface area is 519 Å². The summed E-state index contributed by atoms with van der Waals surface area (Å²) in [6.45, 7) is 8.26. The lowest BCUT2D eigenvalue weighted by atomic mass is 10.0. The van der Waals surface area contributed by atoms with Crippen LogP contribution >= 0.6 is 0 Å². The molecular formula is C83H55N7. The van der Waals surface area contributed by atoms with E-state index < -0.39 is 0 Å². The van der Waals surface area contributed by atoms with Crippen LogP contribution in [-0.4, -0.2) is 28.2 Å². The molecule has 0 amide bonds. The molecule has 0 fully saturated rings. The number of allylic oxidation sites excluding steroid dienone is 2. The molecule has 0 bridgehead atoms. The molecule has 0 aliphatic heterocycles. The zero-order chi connectivity index (χ0) is 60.0. The molecule has 7 heteroatoms. The molecule has 1 unspecified atom stereocenters. The summed E-state index contributed by atoms with van der Waals surface area (Å²) in [7, 11) is 0. The number of benzene rings is 12. The molecule has 1 atom stereocenters. The fourth-order valence-corrected chi connectivity index (χ4v) is 14.1. The summed E-state index contributed by atoms with van der Waals surface area (Å²) in [6.07, 6.45) is 4.80. The van der Waals surface area contributed by atoms with Gasteiger partial charge in [0.15, 0.2) is 5.82 Å². The minimum Gasteiger partial charge on any atom is -0.333 e. The van der Waals surface area contributed by atoms with E-state index in [-0.39, 0.29) is 6.04 Å². The normalized spacial score (nSPS) is 12.1. The molecular weight excluding hydrogens is 1090 g/mol. The van der Waals surface area contributed by atoms with Gasteiger partial charge in [0.05, 0.1) is 62.2 Å². The minimum absolute atomic E-state index is 0.0988. The number of rotatable bonds is 12. The maximum absolute atomic E-state index is 10.0. The van der Waals surface area contributed by atoms with Crippen LogP contribution in [0.2, 0.25) is 0 Å². The summed E-state index contributed by atoms with van der Waals surface area (Å²) in [5.41, 5.74) is 21.8. The number of fused-ring (bicyclic) bond motifs is 12. The van der Waals surface area contributed by atoms with E-state index in [2.05, 4.69) is 286 Å². The van der Waals surface area contributed by atoms with Gasteiger partial charge in [-0.15, -0.1) is 13.2 Å². The van der Waals surface area contributed by atoms with Gasteiger partial charge in [-0.05, 0) is 168 Å². The van der Waals surface area contributed by atoms with E-state index in [4.69, 9.17) is 9.97 Å². The third-order valence-corrected chi connectivity index (χ3v) is 18.2. The summed E-state index contributed by atoms with van der Waals surface area (Å²) >= 11 is 0. The summed E-state index contributed by atoms with van der Waals surface area (Å²) < 4.78 is 9.48. The second-order valence-corrected chi connectivity index (χ2v) is 23.3. The van der Waals surface area contributed by atoms with Gasteiger partial charge in [-0.2, -0.15) is 5.26 Å². The van der Waals surface area contributed by atoms with Gasteiger partial charge in [-0.3, -0.25) is 0 Å². The number of aromatic nitrogens is 6. The Morgan fingerprint density at radius 1 is 0.333 bits per heavy atom. The quantitative estimate of drug-likeness (QED) is 0.114. The SMILES string of the molecule is C=CCC(C=C)n1c2ccccc2c2cc(-c3ccc4c(c3)c3ccccc3n4-c3cccc(-c4cc(-c5cccc(C#N)c5)nc(-c5ccc(-n6c7ccccc7c7cc(-c8ccc9c(c8)c8ccccc8n9-c8ccccc8)ccc76)cc5)n4)c3)ccc21. The number of nitriles is 1. The van der Waals surface area contributed by atoms with Crippen molar-refractivity contribution in [3.8, 4) is 79.3 Å². The Balaban J connectivity index is 0.738. The van der Waals surface area contributed by atoms with Gasteiger partial charge >= 0.3 is 0 Å². The van der Waals surface area contributed by atoms with Gasteiger partial charge in [-0.25, -0.2) is 9.97 Å². The molecule has 0 aliphatic rings. The molecule has 12 aromatic carbocycles. The van der Waals surface area contributed by atoms with Crippen molar-refractivity contribution in [1.29, 1.82) is 5.26 Å². The maximum Gasteiger partial charge on any atom is 0.160 e. The molecule has 0 spiro atoms. The monoisotopic (exact) mass is 1150 g/mol. The van der Waals surface area contributed by atoms with Gasteiger partial charge < -0.3 is 18.3 Å². The Morgan fingerprint density at radius 3 is 1.23 bits per heavy atom. The van der Waals surface area contributed by atoms with Crippen molar-refractivity contribution in [3.05, 3.63) is 310 Å². The molecule has 0 saturated carbocycles. The van der Waals surface area contributed by atoms with Crippen molar-refractivity contribution < 1.29 is 0 Å². The standard InChI is InChI=1S/C83H55N7/c1-3-18-61(4-2)87-75-29-12-8-25-65(75)69-47-55(35-41-79(69)87)58-38-44-82-72(50-58)68-28-11-15-32-78(68)90(82)64-24-17-21-60(46-64)74-51-73(59-20-16-19-53(45-59)52-84)85-83(86-74)54-33-39-63(40-34-54)89-77-31-14-10-27-67(77)71-49-57(37-43-81(71)89)56-36-42-80-70(48-56)66-26-9-13-30-76(66)88(80)62-22-6-5-7-23-62/h3-17,19-51,61H,1-2,18H2. The van der Waals surface area contributed by atoms with Crippen LogP contribution in [0, 0.1) is 11.3 Å². The van der Waals surface area contributed by atoms with Crippen LogP contribution in [0.15, 0.2) is 304 Å². The Bertz CT molecular complexity index is 5830. The molecule has 0 saturated heterocycles. The molecule has 0 N–H and O–H groups in total. The van der Waals surface area contributed by atoms with Gasteiger partial charge in [0.1, 0.15) is 0 Å². The molecule has 0 radical (unpaired) electrons. The van der Waals surface area contributed by atoms with Gasteiger partial charge in [0, 0.05) is 87.9 Å². The van der Waals surface area contributed by atoms with Crippen molar-refractivity contribution >= 4 is 87.2 Å². The van der Waals surface area contributed by atoms with E-state index in [1.54, 1.807) is 0 Å². The summed E-state index contributed by atoms with van der Waals surface area (Å²) in [6, 6.07) is 102. The predicted octanol–water partition coefficient (Wildman–Crippen LogP) is 21.4. The second-order valence-electron chi connectivity index (χ2n) is 23.3. The Kier molecular flexibility index (Phi) is 12.2. The first kappa shape index (κ1) is 52.2.